The summed E-state index contributed by atoms with van der Waals surface area (Å²) in [6.07, 6.45) is 2.89. The van der Waals surface area contributed by atoms with Crippen LogP contribution < -0.4 is 11.1 Å². The van der Waals surface area contributed by atoms with Gasteiger partial charge < -0.3 is 11.1 Å². The summed E-state index contributed by atoms with van der Waals surface area (Å²) in [6, 6.07) is 7.54. The molecular weight excluding hydrogens is 308 g/mol. The van der Waals surface area contributed by atoms with E-state index in [1.165, 1.54) is 12.4 Å². The highest BCUT2D eigenvalue weighted by Crippen LogP contribution is 2.23. The number of hydrogen-bond donors (Lipinski definition) is 2. The highest BCUT2D eigenvalue weighted by Gasteiger charge is 2.16. The Balaban J connectivity index is 2.16. The summed E-state index contributed by atoms with van der Waals surface area (Å²) in [7, 11) is 0. The molecule has 19 heavy (non-hydrogen) atoms. The molecule has 0 aliphatic carbocycles. The largest absolute Gasteiger partial charge is 0.382 e. The van der Waals surface area contributed by atoms with Crippen molar-refractivity contribution in [2.45, 2.75) is 13.0 Å². The van der Waals surface area contributed by atoms with Crippen LogP contribution >= 0.6 is 15.9 Å². The van der Waals surface area contributed by atoms with Crippen molar-refractivity contribution in [2.75, 3.05) is 5.73 Å². The highest BCUT2D eigenvalue weighted by molar-refractivity contribution is 9.10. The minimum absolute atomic E-state index is 0.124. The first-order valence-corrected chi connectivity index (χ1v) is 6.50. The van der Waals surface area contributed by atoms with E-state index in [0.29, 0.717) is 0 Å². The fourth-order valence-electron chi connectivity index (χ4n) is 1.69. The number of nitrogens with one attached hydrogen (secondary N) is 1. The maximum absolute atomic E-state index is 12.1. The number of nitrogens with two attached hydrogens (primary N) is 1. The molecule has 1 amide bonds. The van der Waals surface area contributed by atoms with Crippen LogP contribution in [0.1, 0.15) is 29.0 Å². The number of halogens is 1. The van der Waals surface area contributed by atoms with Crippen LogP contribution in [0.2, 0.25) is 0 Å². The Morgan fingerprint density at radius 3 is 2.68 bits per heavy atom. The monoisotopic (exact) mass is 320 g/mol. The molecule has 2 aromatic rings. The Morgan fingerprint density at radius 2 is 2.00 bits per heavy atom. The molecule has 0 unspecified atom stereocenters. The predicted molar refractivity (Wildman–Crippen MR) is 76.5 cm³/mol. The van der Waals surface area contributed by atoms with Crippen molar-refractivity contribution in [3.63, 3.8) is 0 Å². The van der Waals surface area contributed by atoms with Crippen molar-refractivity contribution in [3.8, 4) is 0 Å². The molecule has 0 aliphatic rings. The van der Waals surface area contributed by atoms with Crippen molar-refractivity contribution in [2.24, 2.45) is 0 Å². The van der Waals surface area contributed by atoms with Gasteiger partial charge in [0.2, 0.25) is 0 Å². The van der Waals surface area contributed by atoms with Gasteiger partial charge in [-0.05, 0) is 18.6 Å². The number of rotatable bonds is 3. The molecule has 1 atom stereocenters. The summed E-state index contributed by atoms with van der Waals surface area (Å²) in [4.78, 5) is 19.8. The normalized spacial score (nSPS) is 11.9. The highest BCUT2D eigenvalue weighted by atomic mass is 79.9. The topological polar surface area (TPSA) is 80.9 Å². The Labute approximate surface area is 119 Å². The molecule has 98 valence electrons. The van der Waals surface area contributed by atoms with Gasteiger partial charge in [-0.3, -0.25) is 4.79 Å². The van der Waals surface area contributed by atoms with Gasteiger partial charge in [-0.25, -0.2) is 9.97 Å². The first-order chi connectivity index (χ1) is 9.09. The van der Waals surface area contributed by atoms with Crippen molar-refractivity contribution in [3.05, 3.63) is 52.4 Å². The molecule has 5 nitrogen and oxygen atoms in total. The maximum Gasteiger partial charge on any atom is 0.274 e. The average molecular weight is 321 g/mol. The zero-order valence-corrected chi connectivity index (χ0v) is 11.9. The van der Waals surface area contributed by atoms with E-state index in [-0.39, 0.29) is 23.5 Å². The van der Waals surface area contributed by atoms with Gasteiger partial charge in [-0.15, -0.1) is 0 Å². The Bertz CT molecular complexity index is 603. The summed E-state index contributed by atoms with van der Waals surface area (Å²) in [5.41, 5.74) is 6.75. The first-order valence-electron chi connectivity index (χ1n) is 5.71. The second-order valence-electron chi connectivity index (χ2n) is 4.01. The quantitative estimate of drug-likeness (QED) is 0.909. The Morgan fingerprint density at radius 1 is 1.32 bits per heavy atom. The molecule has 0 bridgehead atoms. The van der Waals surface area contributed by atoms with Crippen LogP contribution in [0.15, 0.2) is 41.1 Å². The summed E-state index contributed by atoms with van der Waals surface area (Å²) >= 11 is 3.45. The molecular formula is C13H13BrN4O. The Kier molecular flexibility index (Phi) is 4.11. The van der Waals surface area contributed by atoms with Gasteiger partial charge in [0.25, 0.3) is 5.91 Å². The van der Waals surface area contributed by atoms with Crippen LogP contribution in [0.3, 0.4) is 0 Å². The lowest BCUT2D eigenvalue weighted by Crippen LogP contribution is -2.28. The average Bonchev–Trinajstić information content (AvgIpc) is 2.39. The van der Waals surface area contributed by atoms with E-state index in [1.807, 2.05) is 31.2 Å². The maximum atomic E-state index is 12.1. The van der Waals surface area contributed by atoms with Crippen LogP contribution in [0.4, 0.5) is 5.82 Å². The third kappa shape index (κ3) is 3.08. The molecule has 0 fully saturated rings. The number of aromatic nitrogens is 2. The van der Waals surface area contributed by atoms with Crippen molar-refractivity contribution in [1.29, 1.82) is 0 Å². The van der Waals surface area contributed by atoms with E-state index < -0.39 is 0 Å². The summed E-state index contributed by atoms with van der Waals surface area (Å²) in [5.74, 6) is -0.215. The number of benzene rings is 1. The molecule has 1 aromatic heterocycles. The van der Waals surface area contributed by atoms with Gasteiger partial charge >= 0.3 is 0 Å². The van der Waals surface area contributed by atoms with Crippen LogP contribution in [0.25, 0.3) is 0 Å². The van der Waals surface area contributed by atoms with Gasteiger partial charge in [-0.2, -0.15) is 0 Å². The number of nitrogens with zero attached hydrogens (tertiary/aromatic N) is 2. The van der Waals surface area contributed by atoms with Crippen molar-refractivity contribution >= 4 is 27.7 Å². The van der Waals surface area contributed by atoms with E-state index in [9.17, 15) is 4.79 Å². The number of carbonyl (C=O) groups is 1. The molecule has 0 saturated heterocycles. The van der Waals surface area contributed by atoms with Crippen molar-refractivity contribution < 1.29 is 4.79 Å². The summed E-state index contributed by atoms with van der Waals surface area (Å²) in [6.45, 7) is 1.89. The van der Waals surface area contributed by atoms with Crippen LogP contribution in [0.5, 0.6) is 0 Å². The fraction of sp³-hybridized carbons (Fsp3) is 0.154. The van der Waals surface area contributed by atoms with Crippen molar-refractivity contribution in [1.82, 2.24) is 15.3 Å². The Hall–Kier alpha value is -1.95. The molecule has 6 heteroatoms. The standard InChI is InChI=1S/C13H13BrN4O/c1-8(9-4-2-3-5-10(9)14)18-13(19)11-12(15)17-7-6-16-11/h2-8H,1H3,(H2,15,17)(H,18,19)/t8-/m0/s1. The lowest BCUT2D eigenvalue weighted by molar-refractivity contribution is 0.0935. The molecule has 0 spiro atoms. The van der Waals surface area contributed by atoms with Crippen LogP contribution in [-0.2, 0) is 0 Å². The minimum atomic E-state index is -0.339. The van der Waals surface area contributed by atoms with Gasteiger partial charge in [0.15, 0.2) is 11.5 Å². The smallest absolute Gasteiger partial charge is 0.274 e. The first kappa shape index (κ1) is 13.5. The van der Waals surface area contributed by atoms with Gasteiger partial charge in [0.1, 0.15) is 0 Å². The third-order valence-electron chi connectivity index (χ3n) is 2.66. The molecule has 1 heterocycles. The van der Waals surface area contributed by atoms with E-state index in [1.54, 1.807) is 0 Å². The van der Waals surface area contributed by atoms with E-state index in [2.05, 4.69) is 31.2 Å². The molecule has 1 aromatic carbocycles. The van der Waals surface area contributed by atoms with E-state index in [0.717, 1.165) is 10.0 Å². The SMILES string of the molecule is C[C@H](NC(=O)c1nccnc1N)c1ccccc1Br. The lowest BCUT2D eigenvalue weighted by atomic mass is 10.1. The predicted octanol–water partition coefficient (Wildman–Crippen LogP) is 2.31. The minimum Gasteiger partial charge on any atom is -0.382 e. The summed E-state index contributed by atoms with van der Waals surface area (Å²) < 4.78 is 0.940. The summed E-state index contributed by atoms with van der Waals surface area (Å²) in [5, 5.41) is 2.84. The lowest BCUT2D eigenvalue weighted by Gasteiger charge is -2.15. The second kappa shape index (κ2) is 5.79. The third-order valence-corrected chi connectivity index (χ3v) is 3.38. The molecule has 0 saturated carbocycles. The van der Waals surface area contributed by atoms with Gasteiger partial charge in [-0.1, -0.05) is 34.1 Å². The molecule has 3 N–H and O–H groups in total. The number of carbonyl (C=O) groups excluding carboxylic acids is 1. The van der Waals surface area contributed by atoms with Gasteiger partial charge in [0, 0.05) is 16.9 Å². The van der Waals surface area contributed by atoms with Crippen LogP contribution in [-0.4, -0.2) is 15.9 Å². The number of anilines is 1. The molecule has 0 aliphatic heterocycles. The van der Waals surface area contributed by atoms with Crippen LogP contribution in [0, 0.1) is 0 Å². The number of amides is 1. The van der Waals surface area contributed by atoms with Gasteiger partial charge in [0.05, 0.1) is 6.04 Å². The number of hydrogen-bond acceptors (Lipinski definition) is 4. The molecule has 0 radical (unpaired) electrons. The zero-order valence-electron chi connectivity index (χ0n) is 10.3. The second-order valence-corrected chi connectivity index (χ2v) is 4.86. The zero-order chi connectivity index (χ0) is 13.8. The van der Waals surface area contributed by atoms with E-state index in [4.69, 9.17) is 5.73 Å². The van der Waals surface area contributed by atoms with E-state index >= 15 is 0 Å². The molecule has 2 rings (SSSR count). The number of nitrogen functional groups attached to an aromatic ring is 1. The fourth-order valence-corrected chi connectivity index (χ4v) is 2.32.